The lowest BCUT2D eigenvalue weighted by Gasteiger charge is -2.05. The number of nitrogen functional groups attached to an aromatic ring is 1. The van der Waals surface area contributed by atoms with Crippen molar-refractivity contribution in [2.45, 2.75) is 19.9 Å². The van der Waals surface area contributed by atoms with Crippen molar-refractivity contribution < 1.29 is 0 Å². The number of nitrogens with zero attached hydrogens (tertiary/aromatic N) is 1. The van der Waals surface area contributed by atoms with E-state index in [-0.39, 0.29) is 0 Å². The quantitative estimate of drug-likeness (QED) is 0.654. The molecule has 18 heavy (non-hydrogen) atoms. The maximum atomic E-state index is 5.87. The molecule has 0 aliphatic carbocycles. The van der Waals surface area contributed by atoms with Gasteiger partial charge in [-0.15, -0.1) is 11.3 Å². The maximum absolute atomic E-state index is 5.87. The number of anilines is 1. The number of hydrogen-bond donors (Lipinski definition) is 2. The molecular formula is C13H16ClN3S. The molecule has 0 spiro atoms. The van der Waals surface area contributed by atoms with Crippen LogP contribution < -0.4 is 11.1 Å². The molecule has 0 saturated heterocycles. The Morgan fingerprint density at radius 1 is 1.44 bits per heavy atom. The SMILES string of the molecule is Cc1nc(CCNCc2ccc(Cl)c(N)c2)cs1. The molecule has 5 heteroatoms. The lowest BCUT2D eigenvalue weighted by atomic mass is 10.2. The molecule has 1 heterocycles. The molecule has 0 amide bonds. The summed E-state index contributed by atoms with van der Waals surface area (Å²) in [6.45, 7) is 3.73. The first-order valence-corrected chi connectivity index (χ1v) is 7.06. The van der Waals surface area contributed by atoms with Gasteiger partial charge in [-0.2, -0.15) is 0 Å². The molecule has 0 aliphatic rings. The van der Waals surface area contributed by atoms with Crippen LogP contribution in [0.2, 0.25) is 5.02 Å². The van der Waals surface area contributed by atoms with Crippen molar-refractivity contribution in [3.8, 4) is 0 Å². The van der Waals surface area contributed by atoms with Gasteiger partial charge in [0, 0.05) is 24.9 Å². The first-order valence-electron chi connectivity index (χ1n) is 5.81. The molecule has 1 aromatic carbocycles. The number of rotatable bonds is 5. The molecule has 0 saturated carbocycles. The van der Waals surface area contributed by atoms with Crippen molar-refractivity contribution in [3.05, 3.63) is 44.9 Å². The van der Waals surface area contributed by atoms with Crippen LogP contribution in [0.1, 0.15) is 16.3 Å². The van der Waals surface area contributed by atoms with Gasteiger partial charge in [-0.3, -0.25) is 0 Å². The molecule has 1 aromatic heterocycles. The number of nitrogens with two attached hydrogens (primary N) is 1. The zero-order chi connectivity index (χ0) is 13.0. The lowest BCUT2D eigenvalue weighted by molar-refractivity contribution is 0.681. The minimum atomic E-state index is 0.608. The summed E-state index contributed by atoms with van der Waals surface area (Å²) in [6.07, 6.45) is 0.952. The summed E-state index contributed by atoms with van der Waals surface area (Å²) in [5, 5.41) is 7.21. The predicted molar refractivity (Wildman–Crippen MR) is 78.1 cm³/mol. The second-order valence-electron chi connectivity index (χ2n) is 4.14. The number of aryl methyl sites for hydroxylation is 1. The van der Waals surface area contributed by atoms with Crippen molar-refractivity contribution in [2.75, 3.05) is 12.3 Å². The minimum Gasteiger partial charge on any atom is -0.398 e. The smallest absolute Gasteiger partial charge is 0.0897 e. The Labute approximate surface area is 116 Å². The Balaban J connectivity index is 1.76. The largest absolute Gasteiger partial charge is 0.398 e. The average molecular weight is 282 g/mol. The van der Waals surface area contributed by atoms with E-state index in [0.29, 0.717) is 10.7 Å². The first-order chi connectivity index (χ1) is 8.65. The minimum absolute atomic E-state index is 0.608. The van der Waals surface area contributed by atoms with Crippen LogP contribution in [0, 0.1) is 6.92 Å². The van der Waals surface area contributed by atoms with Crippen LogP contribution >= 0.6 is 22.9 Å². The molecule has 96 valence electrons. The summed E-state index contributed by atoms with van der Waals surface area (Å²) < 4.78 is 0. The van der Waals surface area contributed by atoms with Gasteiger partial charge in [-0.1, -0.05) is 17.7 Å². The van der Waals surface area contributed by atoms with Crippen LogP contribution in [-0.4, -0.2) is 11.5 Å². The van der Waals surface area contributed by atoms with E-state index < -0.39 is 0 Å². The Bertz CT molecular complexity index is 525. The lowest BCUT2D eigenvalue weighted by Crippen LogP contribution is -2.16. The van der Waals surface area contributed by atoms with Crippen LogP contribution in [-0.2, 0) is 13.0 Å². The third-order valence-corrected chi connectivity index (χ3v) is 3.78. The molecule has 0 fully saturated rings. The third kappa shape index (κ3) is 3.70. The van der Waals surface area contributed by atoms with Crippen LogP contribution in [0.25, 0.3) is 0 Å². The van der Waals surface area contributed by atoms with Gasteiger partial charge < -0.3 is 11.1 Å². The summed E-state index contributed by atoms with van der Waals surface area (Å²) in [4.78, 5) is 4.42. The zero-order valence-electron chi connectivity index (χ0n) is 10.2. The number of aromatic nitrogens is 1. The van der Waals surface area contributed by atoms with E-state index in [1.807, 2.05) is 25.1 Å². The van der Waals surface area contributed by atoms with Crippen LogP contribution in [0.5, 0.6) is 0 Å². The molecule has 2 rings (SSSR count). The van der Waals surface area contributed by atoms with Gasteiger partial charge in [0.1, 0.15) is 0 Å². The number of halogens is 1. The van der Waals surface area contributed by atoms with Gasteiger partial charge in [0.05, 0.1) is 21.4 Å². The summed E-state index contributed by atoms with van der Waals surface area (Å²) in [5.41, 5.74) is 8.68. The highest BCUT2D eigenvalue weighted by atomic mass is 35.5. The van der Waals surface area contributed by atoms with E-state index in [9.17, 15) is 0 Å². The van der Waals surface area contributed by atoms with E-state index in [0.717, 1.165) is 35.8 Å². The van der Waals surface area contributed by atoms with Crippen LogP contribution in [0.3, 0.4) is 0 Å². The molecule has 0 unspecified atom stereocenters. The average Bonchev–Trinajstić information content (AvgIpc) is 2.75. The number of thiazole rings is 1. The monoisotopic (exact) mass is 281 g/mol. The molecular weight excluding hydrogens is 266 g/mol. The second-order valence-corrected chi connectivity index (χ2v) is 5.61. The summed E-state index contributed by atoms with van der Waals surface area (Å²) in [5.74, 6) is 0. The molecule has 0 atom stereocenters. The highest BCUT2D eigenvalue weighted by Crippen LogP contribution is 2.19. The van der Waals surface area contributed by atoms with E-state index >= 15 is 0 Å². The molecule has 3 nitrogen and oxygen atoms in total. The number of hydrogen-bond acceptors (Lipinski definition) is 4. The van der Waals surface area contributed by atoms with Crippen molar-refractivity contribution in [1.82, 2.24) is 10.3 Å². The summed E-state index contributed by atoms with van der Waals surface area (Å²) >= 11 is 7.56. The number of benzene rings is 1. The van der Waals surface area contributed by atoms with Gasteiger partial charge in [-0.25, -0.2) is 4.98 Å². The summed E-state index contributed by atoms with van der Waals surface area (Å²) in [7, 11) is 0. The first kappa shape index (κ1) is 13.3. The van der Waals surface area contributed by atoms with E-state index in [1.165, 1.54) is 0 Å². The number of nitrogens with one attached hydrogen (secondary N) is 1. The molecule has 0 aliphatic heterocycles. The van der Waals surface area contributed by atoms with Gasteiger partial charge in [-0.05, 0) is 24.6 Å². The Morgan fingerprint density at radius 3 is 2.94 bits per heavy atom. The Morgan fingerprint density at radius 2 is 2.28 bits per heavy atom. The highest BCUT2D eigenvalue weighted by Gasteiger charge is 2.00. The van der Waals surface area contributed by atoms with Gasteiger partial charge >= 0.3 is 0 Å². The van der Waals surface area contributed by atoms with E-state index in [4.69, 9.17) is 17.3 Å². The second kappa shape index (κ2) is 6.18. The predicted octanol–water partition coefficient (Wildman–Crippen LogP) is 3.02. The van der Waals surface area contributed by atoms with E-state index in [1.54, 1.807) is 11.3 Å². The summed E-state index contributed by atoms with van der Waals surface area (Å²) in [6, 6.07) is 5.72. The van der Waals surface area contributed by atoms with Crippen molar-refractivity contribution >= 4 is 28.6 Å². The third-order valence-electron chi connectivity index (χ3n) is 2.61. The van der Waals surface area contributed by atoms with Crippen molar-refractivity contribution in [2.24, 2.45) is 0 Å². The fourth-order valence-electron chi connectivity index (χ4n) is 1.68. The molecule has 3 N–H and O–H groups in total. The highest BCUT2D eigenvalue weighted by molar-refractivity contribution is 7.09. The van der Waals surface area contributed by atoms with Crippen molar-refractivity contribution in [3.63, 3.8) is 0 Å². The fourth-order valence-corrected chi connectivity index (χ4v) is 2.44. The van der Waals surface area contributed by atoms with Crippen LogP contribution in [0.4, 0.5) is 5.69 Å². The van der Waals surface area contributed by atoms with Gasteiger partial charge in [0.25, 0.3) is 0 Å². The maximum Gasteiger partial charge on any atom is 0.0897 e. The standard InChI is InChI=1S/C13H16ClN3S/c1-9-17-11(8-18-9)4-5-16-7-10-2-3-12(14)13(15)6-10/h2-3,6,8,16H,4-5,7,15H2,1H3. The Hall–Kier alpha value is -1.10. The normalized spacial score (nSPS) is 10.8. The zero-order valence-corrected chi connectivity index (χ0v) is 11.8. The Kier molecular flexibility index (Phi) is 4.58. The molecule has 0 radical (unpaired) electrons. The molecule has 2 aromatic rings. The molecule has 0 bridgehead atoms. The van der Waals surface area contributed by atoms with Gasteiger partial charge in [0.15, 0.2) is 0 Å². The van der Waals surface area contributed by atoms with Gasteiger partial charge in [0.2, 0.25) is 0 Å². The van der Waals surface area contributed by atoms with Crippen molar-refractivity contribution in [1.29, 1.82) is 0 Å². The van der Waals surface area contributed by atoms with Crippen LogP contribution in [0.15, 0.2) is 23.6 Å². The van der Waals surface area contributed by atoms with E-state index in [2.05, 4.69) is 15.7 Å². The topological polar surface area (TPSA) is 50.9 Å². The fraction of sp³-hybridized carbons (Fsp3) is 0.308.